The molecule has 2 N–H and O–H groups in total. The van der Waals surface area contributed by atoms with E-state index in [-0.39, 0.29) is 30.9 Å². The number of thiophene rings is 1. The van der Waals surface area contributed by atoms with Gasteiger partial charge in [-0.15, -0.1) is 11.3 Å². The van der Waals surface area contributed by atoms with Gasteiger partial charge in [0.15, 0.2) is 0 Å². The average Bonchev–Trinajstić information content (AvgIpc) is 3.01. The molecule has 134 valence electrons. The maximum atomic E-state index is 13.4. The molecule has 0 fully saturated rings. The highest BCUT2D eigenvalue weighted by Gasteiger charge is 2.16. The topological polar surface area (TPSA) is 69.6 Å². The summed E-state index contributed by atoms with van der Waals surface area (Å²) in [7, 11) is 0. The fourth-order valence-electron chi connectivity index (χ4n) is 2.30. The van der Waals surface area contributed by atoms with E-state index in [9.17, 15) is 14.0 Å². The number of carbonyl (C=O) groups excluding carboxylic acids is 1. The van der Waals surface area contributed by atoms with Gasteiger partial charge in [0.1, 0.15) is 12.4 Å². The maximum absolute atomic E-state index is 13.4. The summed E-state index contributed by atoms with van der Waals surface area (Å²) in [5.41, 5.74) is 0.826. The van der Waals surface area contributed by atoms with E-state index in [1.807, 2.05) is 36.9 Å². The number of rotatable bonds is 8. The Balaban J connectivity index is 2.02. The largest absolute Gasteiger partial charge is 0.480 e. The van der Waals surface area contributed by atoms with Gasteiger partial charge >= 0.3 is 5.97 Å². The summed E-state index contributed by atoms with van der Waals surface area (Å²) in [4.78, 5) is 26.4. The fraction of sp³-hybridized carbons (Fsp3) is 0.333. The zero-order chi connectivity index (χ0) is 18.4. The van der Waals surface area contributed by atoms with Crippen molar-refractivity contribution in [3.8, 4) is 10.4 Å². The molecule has 0 saturated heterocycles. The second-order valence-corrected chi connectivity index (χ2v) is 7.11. The number of carboxylic acids is 1. The highest BCUT2D eigenvalue weighted by molar-refractivity contribution is 7.15. The Morgan fingerprint density at radius 2 is 2.04 bits per heavy atom. The fourth-order valence-corrected chi connectivity index (χ4v) is 3.33. The maximum Gasteiger partial charge on any atom is 0.322 e. The molecule has 0 atom stereocenters. The third-order valence-electron chi connectivity index (χ3n) is 3.64. The van der Waals surface area contributed by atoms with Crippen LogP contribution in [0, 0.1) is 5.82 Å². The molecule has 2 aromatic rings. The molecule has 25 heavy (non-hydrogen) atoms. The summed E-state index contributed by atoms with van der Waals surface area (Å²) in [6.45, 7) is 4.26. The van der Waals surface area contributed by atoms with Gasteiger partial charge < -0.3 is 10.4 Å². The third kappa shape index (κ3) is 5.95. The third-order valence-corrected chi connectivity index (χ3v) is 4.76. The van der Waals surface area contributed by atoms with Crippen molar-refractivity contribution in [2.24, 2.45) is 0 Å². The first-order valence-corrected chi connectivity index (χ1v) is 8.74. The molecule has 2 rings (SSSR count). The van der Waals surface area contributed by atoms with Crippen molar-refractivity contribution in [3.05, 3.63) is 47.1 Å². The molecule has 0 aliphatic heterocycles. The van der Waals surface area contributed by atoms with Gasteiger partial charge in [-0.25, -0.2) is 4.39 Å². The van der Waals surface area contributed by atoms with Gasteiger partial charge in [0.25, 0.3) is 0 Å². The molecular weight excluding hydrogens is 343 g/mol. The first kappa shape index (κ1) is 19.1. The normalized spacial score (nSPS) is 11.1. The summed E-state index contributed by atoms with van der Waals surface area (Å²) >= 11 is 1.55. The first-order chi connectivity index (χ1) is 11.8. The van der Waals surface area contributed by atoms with Crippen molar-refractivity contribution in [1.82, 2.24) is 10.2 Å². The lowest BCUT2D eigenvalue weighted by Gasteiger charge is -2.25. The molecule has 1 heterocycles. The first-order valence-electron chi connectivity index (χ1n) is 7.92. The monoisotopic (exact) mass is 364 g/mol. The van der Waals surface area contributed by atoms with Crippen LogP contribution >= 0.6 is 11.3 Å². The van der Waals surface area contributed by atoms with Crippen LogP contribution in [0.4, 0.5) is 4.39 Å². The average molecular weight is 364 g/mol. The summed E-state index contributed by atoms with van der Waals surface area (Å²) in [6.07, 6.45) is 0. The number of nitrogens with one attached hydrogen (secondary N) is 1. The highest BCUT2D eigenvalue weighted by atomic mass is 32.1. The highest BCUT2D eigenvalue weighted by Crippen LogP contribution is 2.29. The van der Waals surface area contributed by atoms with Crippen LogP contribution in [0.2, 0.25) is 0 Å². The van der Waals surface area contributed by atoms with Gasteiger partial charge in [-0.3, -0.25) is 14.5 Å². The molecule has 5 nitrogen and oxygen atoms in total. The number of hydrogen-bond acceptors (Lipinski definition) is 4. The van der Waals surface area contributed by atoms with E-state index in [2.05, 4.69) is 5.32 Å². The van der Waals surface area contributed by atoms with Gasteiger partial charge in [0, 0.05) is 22.3 Å². The lowest BCUT2D eigenvalue weighted by atomic mass is 10.2. The molecule has 0 saturated carbocycles. The van der Waals surface area contributed by atoms with Crippen LogP contribution < -0.4 is 5.32 Å². The quantitative estimate of drug-likeness (QED) is 0.756. The predicted molar refractivity (Wildman–Crippen MR) is 95.9 cm³/mol. The number of amides is 1. The summed E-state index contributed by atoms with van der Waals surface area (Å²) < 4.78 is 13.4. The minimum absolute atomic E-state index is 0.121. The van der Waals surface area contributed by atoms with Crippen LogP contribution in [0.25, 0.3) is 10.4 Å². The Morgan fingerprint density at radius 1 is 1.28 bits per heavy atom. The van der Waals surface area contributed by atoms with Crippen molar-refractivity contribution in [2.75, 3.05) is 13.1 Å². The van der Waals surface area contributed by atoms with Crippen LogP contribution in [0.3, 0.4) is 0 Å². The van der Waals surface area contributed by atoms with Crippen molar-refractivity contribution >= 4 is 23.2 Å². The van der Waals surface area contributed by atoms with E-state index < -0.39 is 5.97 Å². The Hall–Kier alpha value is -2.25. The van der Waals surface area contributed by atoms with E-state index in [0.717, 1.165) is 15.3 Å². The lowest BCUT2D eigenvalue weighted by Crippen LogP contribution is -2.41. The van der Waals surface area contributed by atoms with Gasteiger partial charge in [-0.1, -0.05) is 12.1 Å². The molecule has 1 amide bonds. The van der Waals surface area contributed by atoms with Crippen LogP contribution in [0.5, 0.6) is 0 Å². The smallest absolute Gasteiger partial charge is 0.322 e. The van der Waals surface area contributed by atoms with Gasteiger partial charge in [0.2, 0.25) is 5.91 Å². The zero-order valence-corrected chi connectivity index (χ0v) is 15.0. The number of carbonyl (C=O) groups is 2. The van der Waals surface area contributed by atoms with E-state index in [1.54, 1.807) is 17.4 Å². The second kappa shape index (κ2) is 8.73. The number of nitrogens with zero attached hydrogens (tertiary/aromatic N) is 1. The van der Waals surface area contributed by atoms with Gasteiger partial charge in [-0.05, 0) is 43.7 Å². The molecule has 0 spiro atoms. The summed E-state index contributed by atoms with van der Waals surface area (Å²) in [5.74, 6) is -1.66. The van der Waals surface area contributed by atoms with Crippen LogP contribution in [0.1, 0.15) is 18.7 Å². The molecule has 1 aromatic carbocycles. The Labute approximate surface area is 150 Å². The number of hydrogen-bond donors (Lipinski definition) is 2. The number of halogens is 1. The number of aliphatic carboxylic acids is 1. The summed E-state index contributed by atoms with van der Waals surface area (Å²) in [5, 5.41) is 11.0. The standard InChI is InChI=1S/C18H21FN2O3S/c1-12(2)21(11-17(22)20-9-18(23)24)10-15-6-7-16(25-15)13-4-3-5-14(19)8-13/h3-8,12H,9-11H2,1-2H3,(H,20,22)(H,23,24). The second-order valence-electron chi connectivity index (χ2n) is 5.95. The van der Waals surface area contributed by atoms with E-state index in [4.69, 9.17) is 5.11 Å². The number of carboxylic acid groups (broad SMARTS) is 1. The van der Waals surface area contributed by atoms with Gasteiger partial charge in [-0.2, -0.15) is 0 Å². The van der Waals surface area contributed by atoms with Crippen molar-refractivity contribution in [2.45, 2.75) is 26.4 Å². The molecule has 1 aromatic heterocycles. The molecular formula is C18H21FN2O3S. The SMILES string of the molecule is CC(C)N(CC(=O)NCC(=O)O)Cc1ccc(-c2cccc(F)c2)s1. The summed E-state index contributed by atoms with van der Waals surface area (Å²) in [6, 6.07) is 10.5. The molecule has 7 heteroatoms. The molecule has 0 aliphatic carbocycles. The lowest BCUT2D eigenvalue weighted by molar-refractivity contribution is -0.138. The van der Waals surface area contributed by atoms with E-state index >= 15 is 0 Å². The Bertz CT molecular complexity index is 745. The van der Waals surface area contributed by atoms with Crippen molar-refractivity contribution in [1.29, 1.82) is 0 Å². The van der Waals surface area contributed by atoms with E-state index in [1.165, 1.54) is 12.1 Å². The van der Waals surface area contributed by atoms with E-state index in [0.29, 0.717) is 6.54 Å². The molecule has 0 radical (unpaired) electrons. The Morgan fingerprint density at radius 3 is 2.68 bits per heavy atom. The van der Waals surface area contributed by atoms with Gasteiger partial charge in [0.05, 0.1) is 6.54 Å². The number of benzene rings is 1. The minimum Gasteiger partial charge on any atom is -0.480 e. The van der Waals surface area contributed by atoms with Crippen LogP contribution in [0.15, 0.2) is 36.4 Å². The molecule has 0 aliphatic rings. The predicted octanol–water partition coefficient (Wildman–Crippen LogP) is 2.97. The molecule has 0 bridgehead atoms. The van der Waals surface area contributed by atoms with Crippen molar-refractivity contribution < 1.29 is 19.1 Å². The van der Waals surface area contributed by atoms with Crippen LogP contribution in [-0.4, -0.2) is 41.0 Å². The Kier molecular flexibility index (Phi) is 6.66. The van der Waals surface area contributed by atoms with Crippen LogP contribution in [-0.2, 0) is 16.1 Å². The van der Waals surface area contributed by atoms with Crippen molar-refractivity contribution in [3.63, 3.8) is 0 Å². The minimum atomic E-state index is -1.07. The molecule has 0 unspecified atom stereocenters. The zero-order valence-electron chi connectivity index (χ0n) is 14.2.